The van der Waals surface area contributed by atoms with Crippen molar-refractivity contribution < 1.29 is 4.39 Å². The maximum absolute atomic E-state index is 13.2. The normalized spacial score (nSPS) is 10.8. The van der Waals surface area contributed by atoms with Gasteiger partial charge < -0.3 is 5.43 Å². The lowest BCUT2D eigenvalue weighted by atomic mass is 10.1. The molecule has 0 saturated heterocycles. The molecule has 100 valence electrons. The molecule has 1 heterocycles. The molecule has 0 spiro atoms. The van der Waals surface area contributed by atoms with Crippen LogP contribution in [0.25, 0.3) is 11.4 Å². The van der Waals surface area contributed by atoms with E-state index >= 15 is 0 Å². The molecule has 4 nitrogen and oxygen atoms in total. The first-order valence-electron chi connectivity index (χ1n) is 5.82. The molecule has 0 aliphatic carbocycles. The van der Waals surface area contributed by atoms with Crippen LogP contribution in [0, 0.1) is 5.82 Å². The molecule has 0 atom stereocenters. The van der Waals surface area contributed by atoms with Gasteiger partial charge >= 0.3 is 0 Å². The van der Waals surface area contributed by atoms with Crippen LogP contribution in [0.2, 0.25) is 0 Å². The van der Waals surface area contributed by atoms with Crippen LogP contribution in [-0.4, -0.2) is 9.97 Å². The Labute approximate surface area is 119 Å². The summed E-state index contributed by atoms with van der Waals surface area (Å²) in [6.07, 6.45) is 0. The van der Waals surface area contributed by atoms with Gasteiger partial charge in [0.15, 0.2) is 5.82 Å². The fraction of sp³-hybridized carbons (Fsp3) is 0.231. The monoisotopic (exact) mass is 324 g/mol. The average molecular weight is 325 g/mol. The van der Waals surface area contributed by atoms with E-state index < -0.39 is 0 Å². The molecule has 0 bridgehead atoms. The molecule has 0 aliphatic rings. The molecule has 0 amide bonds. The Morgan fingerprint density at radius 3 is 2.58 bits per heavy atom. The van der Waals surface area contributed by atoms with Crippen LogP contribution in [0.15, 0.2) is 28.7 Å². The molecule has 0 radical (unpaired) electrons. The third-order valence-corrected chi connectivity index (χ3v) is 3.27. The van der Waals surface area contributed by atoms with Gasteiger partial charge in [0.2, 0.25) is 0 Å². The first-order valence-corrected chi connectivity index (χ1v) is 6.61. The first kappa shape index (κ1) is 13.9. The molecule has 0 fully saturated rings. The molecular formula is C13H14BrFN4. The Bertz CT molecular complexity index is 601. The molecule has 1 aromatic heterocycles. The highest BCUT2D eigenvalue weighted by atomic mass is 79.9. The largest absolute Gasteiger partial charge is 0.308 e. The van der Waals surface area contributed by atoms with E-state index in [1.54, 1.807) is 18.2 Å². The molecule has 0 aliphatic heterocycles. The number of hydrogen-bond acceptors (Lipinski definition) is 4. The second kappa shape index (κ2) is 5.63. The van der Waals surface area contributed by atoms with E-state index in [1.807, 2.05) is 13.8 Å². The molecule has 6 heteroatoms. The number of aromatic nitrogens is 2. The maximum atomic E-state index is 13.2. The lowest BCUT2D eigenvalue weighted by Gasteiger charge is -2.10. The summed E-state index contributed by atoms with van der Waals surface area (Å²) in [4.78, 5) is 8.76. The van der Waals surface area contributed by atoms with Gasteiger partial charge in [-0.2, -0.15) is 0 Å². The Morgan fingerprint density at radius 2 is 2.00 bits per heavy atom. The van der Waals surface area contributed by atoms with E-state index in [0.29, 0.717) is 16.1 Å². The first-order chi connectivity index (χ1) is 9.01. The van der Waals surface area contributed by atoms with Crippen molar-refractivity contribution in [3.8, 4) is 11.4 Å². The number of nitrogens with two attached hydrogens (primary N) is 1. The highest BCUT2D eigenvalue weighted by Gasteiger charge is 2.10. The molecule has 2 rings (SSSR count). The molecule has 2 aromatic rings. The zero-order valence-electron chi connectivity index (χ0n) is 10.6. The highest BCUT2D eigenvalue weighted by molar-refractivity contribution is 9.10. The quantitative estimate of drug-likeness (QED) is 0.670. The summed E-state index contributed by atoms with van der Waals surface area (Å²) in [5.74, 6) is 6.39. The minimum absolute atomic E-state index is 0.248. The summed E-state index contributed by atoms with van der Waals surface area (Å²) in [5, 5.41) is 0. The van der Waals surface area contributed by atoms with Crippen molar-refractivity contribution in [2.24, 2.45) is 5.84 Å². The number of nitrogen functional groups attached to an aromatic ring is 1. The Hall–Kier alpha value is -1.53. The van der Waals surface area contributed by atoms with E-state index in [9.17, 15) is 4.39 Å². The fourth-order valence-electron chi connectivity index (χ4n) is 1.60. The lowest BCUT2D eigenvalue weighted by molar-refractivity contribution is 0.621. The standard InChI is InChI=1S/C13H14BrFN4/c1-7(2)11-6-12(19-16)18-13(17-11)8-3-4-10(15)9(14)5-8/h3-7H,16H2,1-2H3,(H,17,18,19). The number of anilines is 1. The van der Waals surface area contributed by atoms with E-state index in [0.717, 1.165) is 11.3 Å². The van der Waals surface area contributed by atoms with Gasteiger partial charge in [-0.1, -0.05) is 13.8 Å². The summed E-state index contributed by atoms with van der Waals surface area (Å²) < 4.78 is 13.6. The summed E-state index contributed by atoms with van der Waals surface area (Å²) in [5.41, 5.74) is 4.12. The minimum Gasteiger partial charge on any atom is -0.308 e. The van der Waals surface area contributed by atoms with Gasteiger partial charge in [0.1, 0.15) is 11.6 Å². The van der Waals surface area contributed by atoms with Gasteiger partial charge in [-0.05, 0) is 40.0 Å². The van der Waals surface area contributed by atoms with Crippen molar-refractivity contribution >= 4 is 21.7 Å². The molecular weight excluding hydrogens is 311 g/mol. The molecule has 0 unspecified atom stereocenters. The number of benzene rings is 1. The van der Waals surface area contributed by atoms with E-state index in [1.165, 1.54) is 6.07 Å². The molecule has 3 N–H and O–H groups in total. The van der Waals surface area contributed by atoms with Crippen LogP contribution < -0.4 is 11.3 Å². The van der Waals surface area contributed by atoms with Crippen molar-refractivity contribution in [2.75, 3.05) is 5.43 Å². The summed E-state index contributed by atoms with van der Waals surface area (Å²) in [6, 6.07) is 6.46. The van der Waals surface area contributed by atoms with Gasteiger partial charge in [0.25, 0.3) is 0 Å². The number of nitrogens with one attached hydrogen (secondary N) is 1. The van der Waals surface area contributed by atoms with Crippen LogP contribution in [0.5, 0.6) is 0 Å². The number of nitrogens with zero attached hydrogens (tertiary/aromatic N) is 2. The van der Waals surface area contributed by atoms with Gasteiger partial charge in [-0.15, -0.1) is 0 Å². The second-order valence-corrected chi connectivity index (χ2v) is 5.28. The predicted molar refractivity (Wildman–Crippen MR) is 77.0 cm³/mol. The summed E-state index contributed by atoms with van der Waals surface area (Å²) >= 11 is 3.16. The topological polar surface area (TPSA) is 63.8 Å². The third kappa shape index (κ3) is 3.08. The van der Waals surface area contributed by atoms with E-state index in [2.05, 4.69) is 31.3 Å². The molecule has 19 heavy (non-hydrogen) atoms. The smallest absolute Gasteiger partial charge is 0.161 e. The van der Waals surface area contributed by atoms with Crippen molar-refractivity contribution in [2.45, 2.75) is 19.8 Å². The lowest BCUT2D eigenvalue weighted by Crippen LogP contribution is -2.11. The zero-order chi connectivity index (χ0) is 14.0. The van der Waals surface area contributed by atoms with Crippen molar-refractivity contribution in [3.05, 3.63) is 40.2 Å². The number of halogens is 2. The zero-order valence-corrected chi connectivity index (χ0v) is 12.2. The van der Waals surface area contributed by atoms with Crippen LogP contribution >= 0.6 is 15.9 Å². The van der Waals surface area contributed by atoms with Crippen LogP contribution in [0.3, 0.4) is 0 Å². The summed E-state index contributed by atoms with van der Waals surface area (Å²) in [7, 11) is 0. The average Bonchev–Trinajstić information content (AvgIpc) is 2.41. The number of hydrogen-bond donors (Lipinski definition) is 2. The van der Waals surface area contributed by atoms with E-state index in [4.69, 9.17) is 5.84 Å². The van der Waals surface area contributed by atoms with Gasteiger partial charge in [-0.25, -0.2) is 20.2 Å². The highest BCUT2D eigenvalue weighted by Crippen LogP contribution is 2.25. The van der Waals surface area contributed by atoms with Gasteiger partial charge in [-0.3, -0.25) is 0 Å². The van der Waals surface area contributed by atoms with Crippen molar-refractivity contribution in [1.82, 2.24) is 9.97 Å². The molecule has 1 aromatic carbocycles. The van der Waals surface area contributed by atoms with Crippen LogP contribution in [0.4, 0.5) is 10.2 Å². The van der Waals surface area contributed by atoms with Crippen molar-refractivity contribution in [1.29, 1.82) is 0 Å². The number of hydrazine groups is 1. The molecule has 0 saturated carbocycles. The second-order valence-electron chi connectivity index (χ2n) is 4.43. The fourth-order valence-corrected chi connectivity index (χ4v) is 1.98. The summed E-state index contributed by atoms with van der Waals surface area (Å²) in [6.45, 7) is 4.07. The van der Waals surface area contributed by atoms with Crippen LogP contribution in [0.1, 0.15) is 25.5 Å². The van der Waals surface area contributed by atoms with Crippen molar-refractivity contribution in [3.63, 3.8) is 0 Å². The maximum Gasteiger partial charge on any atom is 0.161 e. The Morgan fingerprint density at radius 1 is 1.26 bits per heavy atom. The Balaban J connectivity index is 2.54. The van der Waals surface area contributed by atoms with E-state index in [-0.39, 0.29) is 11.7 Å². The van der Waals surface area contributed by atoms with Crippen LogP contribution in [-0.2, 0) is 0 Å². The third-order valence-electron chi connectivity index (χ3n) is 2.66. The SMILES string of the molecule is CC(C)c1cc(NN)nc(-c2ccc(F)c(Br)c2)n1. The van der Waals surface area contributed by atoms with Gasteiger partial charge in [0.05, 0.1) is 4.47 Å². The minimum atomic E-state index is -0.319. The number of rotatable bonds is 3. The predicted octanol–water partition coefficient (Wildman–Crippen LogP) is 3.45. The van der Waals surface area contributed by atoms with Gasteiger partial charge in [0, 0.05) is 17.3 Å². The Kier molecular flexibility index (Phi) is 4.11.